The number of fused-ring (bicyclic) bond motifs is 1. The first-order valence-electron chi connectivity index (χ1n) is 7.17. The summed E-state index contributed by atoms with van der Waals surface area (Å²) in [5, 5.41) is 3.70. The Hall–Kier alpha value is -1.09. The number of nitrogens with one attached hydrogen (secondary N) is 1. The van der Waals surface area contributed by atoms with Crippen molar-refractivity contribution >= 4 is 5.69 Å². The Labute approximate surface area is 110 Å². The van der Waals surface area contributed by atoms with E-state index < -0.39 is 0 Å². The molecular weight excluding hydrogens is 222 g/mol. The van der Waals surface area contributed by atoms with Crippen LogP contribution in [0.3, 0.4) is 0 Å². The fourth-order valence-corrected chi connectivity index (χ4v) is 3.41. The second kappa shape index (κ2) is 4.88. The zero-order chi connectivity index (χ0) is 12.5. The van der Waals surface area contributed by atoms with E-state index in [1.807, 2.05) is 6.92 Å². The lowest BCUT2D eigenvalue weighted by atomic mass is 9.97. The van der Waals surface area contributed by atoms with Crippen molar-refractivity contribution in [3.63, 3.8) is 0 Å². The molecule has 3 heteroatoms. The monoisotopic (exact) mass is 245 g/mol. The number of aromatic nitrogens is 1. The Balaban J connectivity index is 1.66. The second-order valence-electron chi connectivity index (χ2n) is 5.78. The van der Waals surface area contributed by atoms with Crippen molar-refractivity contribution in [1.82, 2.24) is 9.88 Å². The molecule has 0 spiro atoms. The standard InChI is InChI=1S/C15H23N3/c1-11-5-6-15(12(2)16-11)17-13-7-9-18-8-3-4-14(18)10-13/h5-6,13-14,17H,3-4,7-10H2,1-2H3. The molecule has 2 aliphatic rings. The molecule has 0 aliphatic carbocycles. The average molecular weight is 245 g/mol. The van der Waals surface area contributed by atoms with E-state index in [2.05, 4.69) is 34.3 Å². The molecule has 3 heterocycles. The van der Waals surface area contributed by atoms with Crippen molar-refractivity contribution in [1.29, 1.82) is 0 Å². The topological polar surface area (TPSA) is 28.2 Å². The van der Waals surface area contributed by atoms with Crippen LogP contribution in [0, 0.1) is 13.8 Å². The number of hydrogen-bond acceptors (Lipinski definition) is 3. The van der Waals surface area contributed by atoms with Crippen LogP contribution < -0.4 is 5.32 Å². The van der Waals surface area contributed by atoms with Gasteiger partial charge in [-0.2, -0.15) is 0 Å². The van der Waals surface area contributed by atoms with Crippen LogP contribution in [0.2, 0.25) is 0 Å². The van der Waals surface area contributed by atoms with Crippen LogP contribution in [-0.4, -0.2) is 35.1 Å². The van der Waals surface area contributed by atoms with Crippen molar-refractivity contribution < 1.29 is 0 Å². The molecule has 2 saturated heterocycles. The van der Waals surface area contributed by atoms with Crippen molar-refractivity contribution in [3.05, 3.63) is 23.5 Å². The molecule has 2 aliphatic heterocycles. The molecule has 1 N–H and O–H groups in total. The van der Waals surface area contributed by atoms with E-state index in [9.17, 15) is 0 Å². The van der Waals surface area contributed by atoms with Gasteiger partial charge in [0, 0.05) is 24.3 Å². The number of hydrogen-bond donors (Lipinski definition) is 1. The molecule has 0 bridgehead atoms. The van der Waals surface area contributed by atoms with Gasteiger partial charge in [-0.25, -0.2) is 0 Å². The maximum atomic E-state index is 4.53. The van der Waals surface area contributed by atoms with E-state index in [4.69, 9.17) is 0 Å². The minimum absolute atomic E-state index is 0.632. The first kappa shape index (κ1) is 12.0. The molecule has 1 aromatic heterocycles. The maximum Gasteiger partial charge on any atom is 0.0606 e. The molecular formula is C15H23N3. The SMILES string of the molecule is Cc1ccc(NC2CCN3CCCC3C2)c(C)n1. The van der Waals surface area contributed by atoms with Crippen LogP contribution in [0.25, 0.3) is 0 Å². The van der Waals surface area contributed by atoms with Gasteiger partial charge in [-0.1, -0.05) is 0 Å². The Kier molecular flexibility index (Phi) is 3.25. The van der Waals surface area contributed by atoms with Crippen molar-refractivity contribution in [2.45, 2.75) is 51.6 Å². The highest BCUT2D eigenvalue weighted by molar-refractivity contribution is 5.48. The minimum atomic E-state index is 0.632. The molecule has 0 aromatic carbocycles. The summed E-state index contributed by atoms with van der Waals surface area (Å²) in [6.07, 6.45) is 5.35. The molecule has 0 radical (unpaired) electrons. The van der Waals surface area contributed by atoms with E-state index in [1.165, 1.54) is 44.5 Å². The third kappa shape index (κ3) is 2.37. The number of anilines is 1. The molecule has 0 saturated carbocycles. The lowest BCUT2D eigenvalue weighted by Crippen LogP contribution is -2.42. The first-order valence-corrected chi connectivity index (χ1v) is 7.17. The zero-order valence-corrected chi connectivity index (χ0v) is 11.4. The Morgan fingerprint density at radius 3 is 2.94 bits per heavy atom. The number of aryl methyl sites for hydroxylation is 2. The summed E-state index contributed by atoms with van der Waals surface area (Å²) in [5.74, 6) is 0. The second-order valence-corrected chi connectivity index (χ2v) is 5.78. The lowest BCUT2D eigenvalue weighted by Gasteiger charge is -2.35. The molecule has 3 nitrogen and oxygen atoms in total. The maximum absolute atomic E-state index is 4.53. The van der Waals surface area contributed by atoms with Crippen LogP contribution in [0.15, 0.2) is 12.1 Å². The minimum Gasteiger partial charge on any atom is -0.381 e. The lowest BCUT2D eigenvalue weighted by molar-refractivity contribution is 0.188. The summed E-state index contributed by atoms with van der Waals surface area (Å²) in [4.78, 5) is 7.20. The molecule has 18 heavy (non-hydrogen) atoms. The molecule has 2 unspecified atom stereocenters. The van der Waals surface area contributed by atoms with Gasteiger partial charge in [0.25, 0.3) is 0 Å². The number of rotatable bonds is 2. The van der Waals surface area contributed by atoms with Gasteiger partial charge in [-0.3, -0.25) is 4.98 Å². The van der Waals surface area contributed by atoms with Gasteiger partial charge in [0.2, 0.25) is 0 Å². The number of nitrogens with zero attached hydrogens (tertiary/aromatic N) is 2. The van der Waals surface area contributed by atoms with Gasteiger partial charge in [0.1, 0.15) is 0 Å². The van der Waals surface area contributed by atoms with Gasteiger partial charge in [-0.15, -0.1) is 0 Å². The normalized spacial score (nSPS) is 28.1. The van der Waals surface area contributed by atoms with E-state index in [-0.39, 0.29) is 0 Å². The third-order valence-electron chi connectivity index (χ3n) is 4.41. The summed E-state index contributed by atoms with van der Waals surface area (Å²) in [6, 6.07) is 5.74. The van der Waals surface area contributed by atoms with Gasteiger partial charge in [-0.05, 0) is 58.2 Å². The fourth-order valence-electron chi connectivity index (χ4n) is 3.41. The quantitative estimate of drug-likeness (QED) is 0.868. The third-order valence-corrected chi connectivity index (χ3v) is 4.41. The van der Waals surface area contributed by atoms with E-state index in [0.29, 0.717) is 6.04 Å². The molecule has 0 amide bonds. The average Bonchev–Trinajstić information content (AvgIpc) is 2.80. The Bertz CT molecular complexity index is 430. The molecule has 98 valence electrons. The van der Waals surface area contributed by atoms with Crippen LogP contribution in [0.1, 0.15) is 37.1 Å². The predicted octanol–water partition coefficient (Wildman–Crippen LogP) is 2.74. The van der Waals surface area contributed by atoms with Gasteiger partial charge in [0.15, 0.2) is 0 Å². The molecule has 2 fully saturated rings. The largest absolute Gasteiger partial charge is 0.381 e. The summed E-state index contributed by atoms with van der Waals surface area (Å²) < 4.78 is 0. The molecule has 2 atom stereocenters. The Morgan fingerprint density at radius 1 is 1.22 bits per heavy atom. The van der Waals surface area contributed by atoms with Gasteiger partial charge < -0.3 is 10.2 Å². The van der Waals surface area contributed by atoms with E-state index >= 15 is 0 Å². The van der Waals surface area contributed by atoms with Gasteiger partial charge in [0.05, 0.1) is 11.4 Å². The van der Waals surface area contributed by atoms with E-state index in [1.54, 1.807) is 0 Å². The summed E-state index contributed by atoms with van der Waals surface area (Å²) in [5.41, 5.74) is 3.45. The summed E-state index contributed by atoms with van der Waals surface area (Å²) in [6.45, 7) is 6.73. The first-order chi connectivity index (χ1) is 8.72. The zero-order valence-electron chi connectivity index (χ0n) is 11.4. The highest BCUT2D eigenvalue weighted by atomic mass is 15.2. The van der Waals surface area contributed by atoms with Crippen molar-refractivity contribution in [2.24, 2.45) is 0 Å². The van der Waals surface area contributed by atoms with Crippen LogP contribution >= 0.6 is 0 Å². The highest BCUT2D eigenvalue weighted by Gasteiger charge is 2.31. The predicted molar refractivity (Wildman–Crippen MR) is 75.0 cm³/mol. The molecule has 1 aromatic rings. The summed E-state index contributed by atoms with van der Waals surface area (Å²) >= 11 is 0. The summed E-state index contributed by atoms with van der Waals surface area (Å²) in [7, 11) is 0. The smallest absolute Gasteiger partial charge is 0.0606 e. The highest BCUT2D eigenvalue weighted by Crippen LogP contribution is 2.28. The van der Waals surface area contributed by atoms with Gasteiger partial charge >= 0.3 is 0 Å². The van der Waals surface area contributed by atoms with E-state index in [0.717, 1.165) is 17.4 Å². The number of piperidine rings is 1. The fraction of sp³-hybridized carbons (Fsp3) is 0.667. The number of pyridine rings is 1. The Morgan fingerprint density at radius 2 is 2.11 bits per heavy atom. The van der Waals surface area contributed by atoms with Crippen molar-refractivity contribution in [3.8, 4) is 0 Å². The van der Waals surface area contributed by atoms with Crippen LogP contribution in [0.4, 0.5) is 5.69 Å². The van der Waals surface area contributed by atoms with Crippen LogP contribution in [0.5, 0.6) is 0 Å². The van der Waals surface area contributed by atoms with Crippen LogP contribution in [-0.2, 0) is 0 Å². The van der Waals surface area contributed by atoms with Crippen molar-refractivity contribution in [2.75, 3.05) is 18.4 Å². The molecule has 3 rings (SSSR count).